The second kappa shape index (κ2) is 6.60. The van der Waals surface area contributed by atoms with Crippen LogP contribution in [-0.4, -0.2) is 27.1 Å². The van der Waals surface area contributed by atoms with Gasteiger partial charge >= 0.3 is 5.69 Å². The molecule has 7 heteroatoms. The van der Waals surface area contributed by atoms with E-state index in [0.717, 1.165) is 29.4 Å². The van der Waals surface area contributed by atoms with E-state index >= 15 is 0 Å². The molecule has 0 saturated carbocycles. The van der Waals surface area contributed by atoms with Crippen molar-refractivity contribution in [2.45, 2.75) is 36.6 Å². The van der Waals surface area contributed by atoms with Crippen molar-refractivity contribution < 1.29 is 9.72 Å². The number of nitrogens with zero attached hydrogens (tertiary/aromatic N) is 3. The third-order valence-electron chi connectivity index (χ3n) is 4.03. The van der Waals surface area contributed by atoms with E-state index in [1.165, 1.54) is 18.3 Å². The summed E-state index contributed by atoms with van der Waals surface area (Å²) in [6.45, 7) is 3.78. The fraction of sp³-hybridized carbons (Fsp3) is 0.294. The van der Waals surface area contributed by atoms with Crippen molar-refractivity contribution in [1.82, 2.24) is 4.98 Å². The zero-order valence-electron chi connectivity index (χ0n) is 13.4. The minimum atomic E-state index is -0.472. The lowest BCUT2D eigenvalue weighted by Crippen LogP contribution is -2.40. The van der Waals surface area contributed by atoms with Gasteiger partial charge in [0.1, 0.15) is 0 Å². The Bertz CT molecular complexity index is 796. The number of pyridine rings is 1. The molecule has 124 valence electrons. The molecule has 1 amide bonds. The molecule has 0 N–H and O–H groups in total. The van der Waals surface area contributed by atoms with Crippen LogP contribution < -0.4 is 4.90 Å². The molecule has 1 aromatic carbocycles. The fourth-order valence-corrected chi connectivity index (χ4v) is 3.86. The van der Waals surface area contributed by atoms with Crippen molar-refractivity contribution in [2.24, 2.45) is 0 Å². The molecule has 24 heavy (non-hydrogen) atoms. The van der Waals surface area contributed by atoms with Gasteiger partial charge in [-0.3, -0.25) is 14.9 Å². The highest BCUT2D eigenvalue weighted by atomic mass is 32.2. The van der Waals surface area contributed by atoms with Crippen molar-refractivity contribution in [3.05, 3.63) is 58.3 Å². The SMILES string of the molecule is C[C@H](Sc1ncccc1[N+](=O)[O-])C(=O)N1c2ccccc2C[C@@H]1C. The first-order valence-corrected chi connectivity index (χ1v) is 8.54. The standard InChI is InChI=1S/C17H17N3O3S/c1-11-10-13-6-3-4-7-14(13)19(11)17(21)12(2)24-16-15(20(22)23)8-5-9-18-16/h3-9,11-12H,10H2,1-2H3/t11-,12-/m0/s1. The van der Waals surface area contributed by atoms with Crippen LogP contribution in [0.1, 0.15) is 19.4 Å². The normalized spacial score (nSPS) is 17.4. The van der Waals surface area contributed by atoms with Crippen molar-refractivity contribution in [3.63, 3.8) is 0 Å². The maximum atomic E-state index is 12.9. The number of carbonyl (C=O) groups excluding carboxylic acids is 1. The molecule has 0 saturated heterocycles. The van der Waals surface area contributed by atoms with Crippen LogP contribution in [0, 0.1) is 10.1 Å². The molecule has 3 rings (SSSR count). The maximum absolute atomic E-state index is 12.9. The smallest absolute Gasteiger partial charge is 0.301 e. The minimum absolute atomic E-state index is 0.0580. The first kappa shape index (κ1) is 16.4. The van der Waals surface area contributed by atoms with E-state index < -0.39 is 10.2 Å². The van der Waals surface area contributed by atoms with Crippen LogP contribution in [-0.2, 0) is 11.2 Å². The molecule has 0 aliphatic carbocycles. The second-order valence-electron chi connectivity index (χ2n) is 5.73. The van der Waals surface area contributed by atoms with E-state index in [1.807, 2.05) is 31.2 Å². The number of rotatable bonds is 4. The van der Waals surface area contributed by atoms with Gasteiger partial charge in [-0.05, 0) is 38.0 Å². The minimum Gasteiger partial charge on any atom is -0.308 e. The van der Waals surface area contributed by atoms with Gasteiger partial charge in [-0.2, -0.15) is 0 Å². The molecule has 2 atom stereocenters. The van der Waals surface area contributed by atoms with Gasteiger partial charge in [0.15, 0.2) is 5.03 Å². The van der Waals surface area contributed by atoms with Crippen LogP contribution in [0.2, 0.25) is 0 Å². The molecular formula is C17H17N3O3S. The van der Waals surface area contributed by atoms with Gasteiger partial charge < -0.3 is 4.90 Å². The Morgan fingerprint density at radius 2 is 2.12 bits per heavy atom. The van der Waals surface area contributed by atoms with Crippen molar-refractivity contribution in [1.29, 1.82) is 0 Å². The summed E-state index contributed by atoms with van der Waals surface area (Å²) >= 11 is 1.13. The first-order chi connectivity index (χ1) is 11.5. The van der Waals surface area contributed by atoms with Gasteiger partial charge in [-0.15, -0.1) is 0 Å². The van der Waals surface area contributed by atoms with Crippen LogP contribution in [0.25, 0.3) is 0 Å². The van der Waals surface area contributed by atoms with Crippen molar-refractivity contribution in [3.8, 4) is 0 Å². The molecule has 6 nitrogen and oxygen atoms in total. The van der Waals surface area contributed by atoms with Crippen LogP contribution >= 0.6 is 11.8 Å². The van der Waals surface area contributed by atoms with Gasteiger partial charge in [0.05, 0.1) is 10.2 Å². The number of aromatic nitrogens is 1. The molecule has 2 heterocycles. The van der Waals surface area contributed by atoms with E-state index in [2.05, 4.69) is 4.98 Å². The van der Waals surface area contributed by atoms with Crippen LogP contribution in [0.15, 0.2) is 47.6 Å². The Labute approximate surface area is 144 Å². The quantitative estimate of drug-likeness (QED) is 0.483. The largest absolute Gasteiger partial charge is 0.308 e. The predicted molar refractivity (Wildman–Crippen MR) is 93.3 cm³/mol. The molecule has 1 aliphatic heterocycles. The highest BCUT2D eigenvalue weighted by molar-refractivity contribution is 8.00. The Morgan fingerprint density at radius 3 is 2.88 bits per heavy atom. The van der Waals surface area contributed by atoms with E-state index in [9.17, 15) is 14.9 Å². The van der Waals surface area contributed by atoms with E-state index in [-0.39, 0.29) is 22.7 Å². The number of hydrogen-bond donors (Lipinski definition) is 0. The number of thioether (sulfide) groups is 1. The summed E-state index contributed by atoms with van der Waals surface area (Å²) in [5, 5.41) is 10.9. The van der Waals surface area contributed by atoms with E-state index in [4.69, 9.17) is 0 Å². The number of benzene rings is 1. The van der Waals surface area contributed by atoms with Crippen molar-refractivity contribution >= 4 is 29.0 Å². The van der Waals surface area contributed by atoms with Crippen LogP contribution in [0.3, 0.4) is 0 Å². The summed E-state index contributed by atoms with van der Waals surface area (Å²) in [5.74, 6) is -0.0580. The zero-order valence-corrected chi connectivity index (χ0v) is 14.2. The predicted octanol–water partition coefficient (Wildman–Crippen LogP) is 3.45. The molecule has 0 bridgehead atoms. The van der Waals surface area contributed by atoms with Gasteiger partial charge in [0.25, 0.3) is 0 Å². The lowest BCUT2D eigenvalue weighted by molar-refractivity contribution is -0.388. The number of hydrogen-bond acceptors (Lipinski definition) is 5. The third-order valence-corrected chi connectivity index (χ3v) is 5.12. The molecule has 0 unspecified atom stereocenters. The highest BCUT2D eigenvalue weighted by Crippen LogP contribution is 2.36. The van der Waals surface area contributed by atoms with Crippen LogP contribution in [0.4, 0.5) is 11.4 Å². The number of fused-ring (bicyclic) bond motifs is 1. The van der Waals surface area contributed by atoms with E-state index in [1.54, 1.807) is 11.8 Å². The van der Waals surface area contributed by atoms with Gasteiger partial charge in [0.2, 0.25) is 5.91 Å². The molecule has 0 radical (unpaired) electrons. The Morgan fingerprint density at radius 1 is 1.38 bits per heavy atom. The van der Waals surface area contributed by atoms with Gasteiger partial charge in [-0.25, -0.2) is 4.98 Å². The summed E-state index contributed by atoms with van der Waals surface area (Å²) in [5.41, 5.74) is 2.01. The summed E-state index contributed by atoms with van der Waals surface area (Å²) in [6.07, 6.45) is 2.32. The Hall–Kier alpha value is -2.41. The second-order valence-corrected chi connectivity index (χ2v) is 7.06. The molecule has 1 aliphatic rings. The van der Waals surface area contributed by atoms with Crippen LogP contribution in [0.5, 0.6) is 0 Å². The topological polar surface area (TPSA) is 76.3 Å². The van der Waals surface area contributed by atoms with Gasteiger partial charge in [-0.1, -0.05) is 30.0 Å². The van der Waals surface area contributed by atoms with Gasteiger partial charge in [0, 0.05) is 24.0 Å². The number of amides is 1. The molecule has 2 aromatic rings. The lowest BCUT2D eigenvalue weighted by atomic mass is 10.1. The average molecular weight is 343 g/mol. The molecule has 1 aromatic heterocycles. The number of para-hydroxylation sites is 1. The van der Waals surface area contributed by atoms with Crippen molar-refractivity contribution in [2.75, 3.05) is 4.90 Å². The number of carbonyl (C=O) groups is 1. The lowest BCUT2D eigenvalue weighted by Gasteiger charge is -2.25. The number of nitro groups is 1. The number of anilines is 1. The maximum Gasteiger partial charge on any atom is 0.301 e. The monoisotopic (exact) mass is 343 g/mol. The zero-order chi connectivity index (χ0) is 17.3. The van der Waals surface area contributed by atoms with E-state index in [0.29, 0.717) is 0 Å². The summed E-state index contributed by atoms with van der Waals surface area (Å²) < 4.78 is 0. The average Bonchev–Trinajstić information content (AvgIpc) is 2.90. The fourth-order valence-electron chi connectivity index (χ4n) is 2.93. The molecule has 0 spiro atoms. The molecular weight excluding hydrogens is 326 g/mol. The summed E-state index contributed by atoms with van der Waals surface area (Å²) in [6, 6.07) is 10.9. The third kappa shape index (κ3) is 2.99. The first-order valence-electron chi connectivity index (χ1n) is 7.66. The molecule has 0 fully saturated rings. The summed E-state index contributed by atoms with van der Waals surface area (Å²) in [7, 11) is 0. The Kier molecular flexibility index (Phi) is 4.53. The Balaban J connectivity index is 1.83. The summed E-state index contributed by atoms with van der Waals surface area (Å²) in [4.78, 5) is 29.4. The highest BCUT2D eigenvalue weighted by Gasteiger charge is 2.34.